The number of hydrogen-bond acceptors (Lipinski definition) is 11. The Labute approximate surface area is 253 Å². The molecule has 0 unspecified atom stereocenters. The fourth-order valence-corrected chi connectivity index (χ4v) is 6.67. The summed E-state index contributed by atoms with van der Waals surface area (Å²) in [6, 6.07) is 15.0. The lowest BCUT2D eigenvalue weighted by Crippen LogP contribution is -2.16. The Balaban J connectivity index is 1.74. The molecule has 0 atom stereocenters. The molecule has 4 aromatic rings. The zero-order valence-electron chi connectivity index (χ0n) is 22.2. The molecule has 0 heterocycles. The van der Waals surface area contributed by atoms with E-state index in [1.807, 2.05) is 0 Å². The molecule has 0 saturated heterocycles. The third-order valence-electron chi connectivity index (χ3n) is 5.80. The van der Waals surface area contributed by atoms with Crippen LogP contribution in [-0.4, -0.2) is 61.1 Å². The summed E-state index contributed by atoms with van der Waals surface area (Å²) in [5, 5.41) is 37.8. The second kappa shape index (κ2) is 12.4. The van der Waals surface area contributed by atoms with Gasteiger partial charge in [-0.2, -0.15) is 16.8 Å². The summed E-state index contributed by atoms with van der Waals surface area (Å²) < 4.78 is 68.6. The molecule has 0 spiro atoms. The van der Waals surface area contributed by atoms with E-state index in [0.29, 0.717) is 0 Å². The average Bonchev–Trinajstić information content (AvgIpc) is 2.96. The molecule has 0 aromatic heterocycles. The van der Waals surface area contributed by atoms with Crippen LogP contribution >= 0.6 is 0 Å². The van der Waals surface area contributed by atoms with Crippen molar-refractivity contribution in [1.29, 1.82) is 0 Å². The van der Waals surface area contributed by atoms with Crippen LogP contribution in [-0.2, 0) is 23.9 Å². The Bertz CT molecular complexity index is 1940. The van der Waals surface area contributed by atoms with Gasteiger partial charge < -0.3 is 29.9 Å². The number of carboxylic acids is 4. The summed E-state index contributed by atoms with van der Waals surface area (Å²) in [5.41, 5.74) is -2.97. The van der Waals surface area contributed by atoms with Crippen molar-refractivity contribution in [3.63, 3.8) is 0 Å². The maximum absolute atomic E-state index is 13.3. The molecule has 0 radical (unpaired) electrons. The summed E-state index contributed by atoms with van der Waals surface area (Å²) in [4.78, 5) is 44.8. The van der Waals surface area contributed by atoms with Crippen LogP contribution in [0.15, 0.2) is 94.7 Å². The molecule has 0 fully saturated rings. The van der Waals surface area contributed by atoms with Gasteiger partial charge in [-0.1, -0.05) is 36.4 Å². The molecule has 0 aliphatic carbocycles. The molecular weight excluding hydrogens is 640 g/mol. The highest BCUT2D eigenvalue weighted by atomic mass is 32.3. The quantitative estimate of drug-likeness (QED) is 0.167. The maximum Gasteiger partial charge on any atom is 0.340 e. The van der Waals surface area contributed by atoms with Crippen molar-refractivity contribution in [3.05, 3.63) is 107 Å². The number of carbonyl (C=O) groups is 4. The maximum atomic E-state index is 13.3. The van der Waals surface area contributed by atoms with Crippen LogP contribution in [0.25, 0.3) is 0 Å². The van der Waals surface area contributed by atoms with Crippen LogP contribution in [0.2, 0.25) is 0 Å². The lowest BCUT2D eigenvalue weighted by Gasteiger charge is -2.15. The topological polar surface area (TPSA) is 245 Å². The van der Waals surface area contributed by atoms with Crippen molar-refractivity contribution >= 4 is 44.1 Å². The molecule has 45 heavy (non-hydrogen) atoms. The van der Waals surface area contributed by atoms with Gasteiger partial charge in [0.25, 0.3) is 0 Å². The van der Waals surface area contributed by atoms with Crippen LogP contribution < -0.4 is 9.47 Å². The van der Waals surface area contributed by atoms with E-state index in [2.05, 4.69) is 3.63 Å². The summed E-state index contributed by atoms with van der Waals surface area (Å²) in [7, 11) is -10.6. The predicted molar refractivity (Wildman–Crippen MR) is 149 cm³/mol. The van der Waals surface area contributed by atoms with Crippen LogP contribution in [0.1, 0.15) is 41.4 Å². The van der Waals surface area contributed by atoms with Gasteiger partial charge in [0.1, 0.15) is 43.9 Å². The molecule has 15 nitrogen and oxygen atoms in total. The number of ether oxygens (including phenoxy) is 2. The zero-order chi connectivity index (χ0) is 33.1. The third kappa shape index (κ3) is 6.74. The van der Waals surface area contributed by atoms with Gasteiger partial charge in [0.05, 0.1) is 11.1 Å². The van der Waals surface area contributed by atoms with E-state index >= 15 is 0 Å². The lowest BCUT2D eigenvalue weighted by molar-refractivity contribution is 0.0649. The van der Waals surface area contributed by atoms with Gasteiger partial charge in [-0.3, -0.25) is 0 Å². The number of benzene rings is 4. The highest BCUT2D eigenvalue weighted by Gasteiger charge is 2.33. The molecule has 0 aliphatic rings. The SMILES string of the molecule is O=C(O)c1cccc(Oc2ccccc2S(=O)(=O)OS(=O)(=O)c2ccccc2Oc2cccc(C(=O)O)c2C(=O)O)c1C(=O)O. The fourth-order valence-electron chi connectivity index (χ4n) is 3.94. The number of aromatic carboxylic acids is 4. The van der Waals surface area contributed by atoms with Crippen LogP contribution in [0, 0.1) is 0 Å². The minimum absolute atomic E-state index is 0.579. The first-order valence-corrected chi connectivity index (χ1v) is 14.9. The van der Waals surface area contributed by atoms with Crippen molar-refractivity contribution in [3.8, 4) is 23.0 Å². The van der Waals surface area contributed by atoms with Crippen molar-refractivity contribution in [2.45, 2.75) is 9.79 Å². The van der Waals surface area contributed by atoms with E-state index in [4.69, 9.17) is 9.47 Å². The Hall–Kier alpha value is -5.78. The largest absolute Gasteiger partial charge is 0.478 e. The van der Waals surface area contributed by atoms with Gasteiger partial charge >= 0.3 is 44.1 Å². The van der Waals surface area contributed by atoms with Gasteiger partial charge in [-0.15, -0.1) is 3.63 Å². The molecular formula is C28H18O15S2. The van der Waals surface area contributed by atoms with Crippen LogP contribution in [0.5, 0.6) is 23.0 Å². The van der Waals surface area contributed by atoms with E-state index < -0.39 is 99.2 Å². The Morgan fingerprint density at radius 2 is 0.778 bits per heavy atom. The summed E-state index contributed by atoms with van der Waals surface area (Å²) in [5.74, 6) is -9.05. The fraction of sp³-hybridized carbons (Fsp3) is 0. The molecule has 4 rings (SSSR count). The molecule has 0 amide bonds. The molecule has 0 saturated carbocycles. The summed E-state index contributed by atoms with van der Waals surface area (Å²) in [6.07, 6.45) is 0. The van der Waals surface area contributed by atoms with Crippen molar-refractivity contribution < 1.29 is 69.5 Å². The summed E-state index contributed by atoms with van der Waals surface area (Å²) in [6.45, 7) is 0. The van der Waals surface area contributed by atoms with Crippen LogP contribution in [0.3, 0.4) is 0 Å². The first-order valence-electron chi connectivity index (χ1n) is 12.1. The smallest absolute Gasteiger partial charge is 0.340 e. The number of para-hydroxylation sites is 2. The molecule has 232 valence electrons. The van der Waals surface area contributed by atoms with Crippen molar-refractivity contribution in [1.82, 2.24) is 0 Å². The van der Waals surface area contributed by atoms with E-state index in [1.165, 1.54) is 24.3 Å². The first kappa shape index (κ1) is 32.1. The second-order valence-corrected chi connectivity index (χ2v) is 11.9. The lowest BCUT2D eigenvalue weighted by atomic mass is 10.1. The minimum Gasteiger partial charge on any atom is -0.478 e. The van der Waals surface area contributed by atoms with Gasteiger partial charge in [0.2, 0.25) is 0 Å². The monoisotopic (exact) mass is 658 g/mol. The van der Waals surface area contributed by atoms with Gasteiger partial charge in [0.15, 0.2) is 0 Å². The number of carboxylic acid groups (broad SMARTS) is 4. The highest BCUT2D eigenvalue weighted by Crippen LogP contribution is 2.37. The van der Waals surface area contributed by atoms with Crippen molar-refractivity contribution in [2.24, 2.45) is 0 Å². The Morgan fingerprint density at radius 1 is 0.444 bits per heavy atom. The third-order valence-corrected chi connectivity index (χ3v) is 8.98. The Morgan fingerprint density at radius 3 is 1.11 bits per heavy atom. The van der Waals surface area contributed by atoms with Gasteiger partial charge in [0, 0.05) is 0 Å². The molecule has 4 aromatic carbocycles. The van der Waals surface area contributed by atoms with Crippen LogP contribution in [0.4, 0.5) is 0 Å². The van der Waals surface area contributed by atoms with E-state index in [9.17, 15) is 56.4 Å². The summed E-state index contributed by atoms with van der Waals surface area (Å²) >= 11 is 0. The second-order valence-electron chi connectivity index (χ2n) is 8.65. The van der Waals surface area contributed by atoms with Gasteiger partial charge in [-0.25, -0.2) is 19.2 Å². The zero-order valence-corrected chi connectivity index (χ0v) is 23.8. The minimum atomic E-state index is -5.31. The van der Waals surface area contributed by atoms with E-state index in [-0.39, 0.29) is 0 Å². The normalized spacial score (nSPS) is 11.4. The van der Waals surface area contributed by atoms with Crippen molar-refractivity contribution in [2.75, 3.05) is 0 Å². The predicted octanol–water partition coefficient (Wildman–Crippen LogP) is 4.16. The Kier molecular flexibility index (Phi) is 8.89. The number of hydrogen-bond donors (Lipinski definition) is 4. The average molecular weight is 659 g/mol. The molecule has 17 heteroatoms. The molecule has 0 aliphatic heterocycles. The standard InChI is InChI=1S/C28H18O15S2/c29-25(30)15-7-5-11-19(23(15)27(33)34)41-17-9-1-3-13-21(17)44(37,38)43-45(39,40)22-14-4-2-10-18(22)42-20-12-6-8-16(26(31)32)24(20)28(35)36/h1-14H,(H,29,30)(H,31,32)(H,33,34)(H,35,36). The highest BCUT2D eigenvalue weighted by molar-refractivity contribution is 8.00. The molecule has 0 bridgehead atoms. The van der Waals surface area contributed by atoms with E-state index in [0.717, 1.165) is 60.7 Å². The van der Waals surface area contributed by atoms with Gasteiger partial charge in [-0.05, 0) is 48.5 Å². The molecule has 4 N–H and O–H groups in total. The first-order chi connectivity index (χ1) is 21.1. The van der Waals surface area contributed by atoms with E-state index in [1.54, 1.807) is 0 Å². The number of rotatable bonds is 12.